The van der Waals surface area contributed by atoms with Gasteiger partial charge in [0.05, 0.1) is 30.9 Å². The lowest BCUT2D eigenvalue weighted by Crippen LogP contribution is -2.01. The van der Waals surface area contributed by atoms with Gasteiger partial charge in [-0.25, -0.2) is 9.37 Å². The molecule has 0 aliphatic rings. The van der Waals surface area contributed by atoms with Crippen molar-refractivity contribution in [2.24, 2.45) is 0 Å². The Morgan fingerprint density at radius 3 is 2.62 bits per heavy atom. The highest BCUT2D eigenvalue weighted by Gasteiger charge is 2.13. The summed E-state index contributed by atoms with van der Waals surface area (Å²) in [5.41, 5.74) is 8.16. The van der Waals surface area contributed by atoms with E-state index in [2.05, 4.69) is 4.98 Å². The van der Waals surface area contributed by atoms with E-state index in [-0.39, 0.29) is 5.75 Å². The molecule has 2 N–H and O–H groups in total. The zero-order valence-corrected chi connectivity index (χ0v) is 11.6. The summed E-state index contributed by atoms with van der Waals surface area (Å²) >= 11 is 0. The third-order valence-electron chi connectivity index (χ3n) is 3.28. The van der Waals surface area contributed by atoms with E-state index in [9.17, 15) is 4.39 Å². The number of fused-ring (bicyclic) bond motifs is 1. The van der Waals surface area contributed by atoms with Gasteiger partial charge >= 0.3 is 0 Å². The van der Waals surface area contributed by atoms with Crippen molar-refractivity contribution in [1.82, 2.24) is 9.55 Å². The molecule has 0 unspecified atom stereocenters. The van der Waals surface area contributed by atoms with Crippen LogP contribution in [0.15, 0.2) is 36.4 Å². The predicted molar refractivity (Wildman–Crippen MR) is 78.5 cm³/mol. The van der Waals surface area contributed by atoms with E-state index >= 15 is 0 Å². The van der Waals surface area contributed by atoms with Crippen LogP contribution in [0.1, 0.15) is 0 Å². The Hall–Kier alpha value is -2.76. The molecule has 0 bridgehead atoms. The second-order valence-corrected chi connectivity index (χ2v) is 4.48. The number of hydrogen-bond acceptors (Lipinski definition) is 4. The van der Waals surface area contributed by atoms with Crippen LogP contribution in [0.2, 0.25) is 0 Å². The van der Waals surface area contributed by atoms with Gasteiger partial charge in [-0.1, -0.05) is 0 Å². The van der Waals surface area contributed by atoms with E-state index < -0.39 is 5.82 Å². The number of benzene rings is 2. The lowest BCUT2D eigenvalue weighted by Gasteiger charge is -2.09. The standard InChI is InChI=1S/C15H14FN3O2/c1-20-10-4-6-12-13(8-10)19(15(17)18-12)9-3-5-11(16)14(7-9)21-2/h3-8H,1-2H3,(H2,17,18). The number of methoxy groups -OCH3 is 2. The Bertz CT molecular complexity index is 814. The van der Waals surface area contributed by atoms with Crippen LogP contribution < -0.4 is 15.2 Å². The molecule has 5 nitrogen and oxygen atoms in total. The number of hydrogen-bond donors (Lipinski definition) is 1. The first kappa shape index (κ1) is 13.2. The second-order valence-electron chi connectivity index (χ2n) is 4.48. The van der Waals surface area contributed by atoms with E-state index in [1.54, 1.807) is 23.8 Å². The Balaban J connectivity index is 2.26. The number of rotatable bonds is 3. The summed E-state index contributed by atoms with van der Waals surface area (Å²) in [4.78, 5) is 4.29. The summed E-state index contributed by atoms with van der Waals surface area (Å²) in [6.07, 6.45) is 0. The van der Waals surface area contributed by atoms with Gasteiger partial charge < -0.3 is 15.2 Å². The van der Waals surface area contributed by atoms with Gasteiger partial charge in [-0.15, -0.1) is 0 Å². The smallest absolute Gasteiger partial charge is 0.205 e. The Labute approximate surface area is 120 Å². The molecule has 0 radical (unpaired) electrons. The summed E-state index contributed by atoms with van der Waals surface area (Å²) in [7, 11) is 3.01. The number of nitrogen functional groups attached to an aromatic ring is 1. The van der Waals surface area contributed by atoms with Crippen LogP contribution >= 0.6 is 0 Å². The van der Waals surface area contributed by atoms with Crippen molar-refractivity contribution < 1.29 is 13.9 Å². The third kappa shape index (κ3) is 2.14. The van der Waals surface area contributed by atoms with Crippen LogP contribution in [0.4, 0.5) is 10.3 Å². The summed E-state index contributed by atoms with van der Waals surface area (Å²) in [5, 5.41) is 0. The number of aromatic nitrogens is 2. The van der Waals surface area contributed by atoms with Gasteiger partial charge in [0.15, 0.2) is 11.6 Å². The van der Waals surface area contributed by atoms with Crippen molar-refractivity contribution >= 4 is 17.0 Å². The topological polar surface area (TPSA) is 62.3 Å². The van der Waals surface area contributed by atoms with Crippen molar-refractivity contribution in [3.8, 4) is 17.2 Å². The number of imidazole rings is 1. The third-order valence-corrected chi connectivity index (χ3v) is 3.28. The highest BCUT2D eigenvalue weighted by atomic mass is 19.1. The summed E-state index contributed by atoms with van der Waals surface area (Å²) in [6, 6.07) is 9.99. The molecule has 1 aromatic heterocycles. The fourth-order valence-corrected chi connectivity index (χ4v) is 2.26. The number of halogens is 1. The average molecular weight is 287 g/mol. The van der Waals surface area contributed by atoms with Crippen molar-refractivity contribution in [2.45, 2.75) is 0 Å². The van der Waals surface area contributed by atoms with Crippen LogP contribution in [0, 0.1) is 5.82 Å². The lowest BCUT2D eigenvalue weighted by atomic mass is 10.2. The molecule has 0 aliphatic heterocycles. The van der Waals surface area contributed by atoms with Crippen molar-refractivity contribution in [3.63, 3.8) is 0 Å². The van der Waals surface area contributed by atoms with Gasteiger partial charge in [0.25, 0.3) is 0 Å². The molecule has 21 heavy (non-hydrogen) atoms. The number of nitrogens with zero attached hydrogens (tertiary/aromatic N) is 2. The van der Waals surface area contributed by atoms with E-state index in [1.165, 1.54) is 13.2 Å². The summed E-state index contributed by atoms with van der Waals surface area (Å²) in [6.45, 7) is 0. The predicted octanol–water partition coefficient (Wildman–Crippen LogP) is 2.76. The van der Waals surface area contributed by atoms with Crippen LogP contribution in [0.5, 0.6) is 11.5 Å². The maximum atomic E-state index is 13.5. The van der Waals surface area contributed by atoms with Crippen LogP contribution in [0.25, 0.3) is 16.7 Å². The van der Waals surface area contributed by atoms with Crippen molar-refractivity contribution in [2.75, 3.05) is 20.0 Å². The first-order valence-corrected chi connectivity index (χ1v) is 6.30. The minimum Gasteiger partial charge on any atom is -0.497 e. The highest BCUT2D eigenvalue weighted by Crippen LogP contribution is 2.29. The largest absolute Gasteiger partial charge is 0.497 e. The molecule has 0 spiro atoms. The van der Waals surface area contributed by atoms with Gasteiger partial charge in [0.1, 0.15) is 5.75 Å². The second kappa shape index (κ2) is 4.97. The number of anilines is 1. The molecule has 2 aromatic carbocycles. The van der Waals surface area contributed by atoms with Gasteiger partial charge in [0.2, 0.25) is 5.95 Å². The molecular formula is C15H14FN3O2. The molecule has 3 rings (SSSR count). The fourth-order valence-electron chi connectivity index (χ4n) is 2.26. The average Bonchev–Trinajstić information content (AvgIpc) is 2.82. The highest BCUT2D eigenvalue weighted by molar-refractivity contribution is 5.82. The molecule has 0 atom stereocenters. The maximum Gasteiger partial charge on any atom is 0.205 e. The van der Waals surface area contributed by atoms with Gasteiger partial charge in [-0.05, 0) is 24.3 Å². The molecule has 3 aromatic rings. The molecule has 0 aliphatic carbocycles. The van der Waals surface area contributed by atoms with E-state index in [1.807, 2.05) is 18.2 Å². The molecule has 0 saturated heterocycles. The number of nitrogens with two attached hydrogens (primary N) is 1. The first-order chi connectivity index (χ1) is 10.1. The Morgan fingerprint density at radius 2 is 1.90 bits per heavy atom. The quantitative estimate of drug-likeness (QED) is 0.804. The SMILES string of the molecule is COc1ccc2nc(N)n(-c3ccc(F)c(OC)c3)c2c1. The normalized spacial score (nSPS) is 10.8. The molecule has 0 fully saturated rings. The van der Waals surface area contributed by atoms with Crippen molar-refractivity contribution in [3.05, 3.63) is 42.2 Å². The molecule has 108 valence electrons. The van der Waals surface area contributed by atoms with Crippen LogP contribution in [-0.2, 0) is 0 Å². The van der Waals surface area contributed by atoms with Gasteiger partial charge in [0, 0.05) is 12.1 Å². The van der Waals surface area contributed by atoms with Crippen LogP contribution in [0.3, 0.4) is 0 Å². The zero-order valence-electron chi connectivity index (χ0n) is 11.6. The molecule has 0 saturated carbocycles. The van der Waals surface area contributed by atoms with E-state index in [4.69, 9.17) is 15.2 Å². The van der Waals surface area contributed by atoms with Gasteiger partial charge in [-0.2, -0.15) is 0 Å². The first-order valence-electron chi connectivity index (χ1n) is 6.30. The molecule has 1 heterocycles. The minimum atomic E-state index is -0.429. The van der Waals surface area contributed by atoms with Gasteiger partial charge in [-0.3, -0.25) is 4.57 Å². The Morgan fingerprint density at radius 1 is 1.10 bits per heavy atom. The summed E-state index contributed by atoms with van der Waals surface area (Å²) in [5.74, 6) is 0.725. The molecule has 6 heteroatoms. The Kier molecular flexibility index (Phi) is 3.13. The lowest BCUT2D eigenvalue weighted by molar-refractivity contribution is 0.386. The van der Waals surface area contributed by atoms with Crippen molar-refractivity contribution in [1.29, 1.82) is 0 Å². The number of ether oxygens (including phenoxy) is 2. The fraction of sp³-hybridized carbons (Fsp3) is 0.133. The minimum absolute atomic E-state index is 0.150. The monoisotopic (exact) mass is 287 g/mol. The molecule has 0 amide bonds. The zero-order chi connectivity index (χ0) is 15.0. The molecular weight excluding hydrogens is 273 g/mol. The summed E-state index contributed by atoms with van der Waals surface area (Å²) < 4.78 is 25.5. The van der Waals surface area contributed by atoms with E-state index in [0.29, 0.717) is 17.4 Å². The van der Waals surface area contributed by atoms with Crippen LogP contribution in [-0.4, -0.2) is 23.8 Å². The maximum absolute atomic E-state index is 13.5. The van der Waals surface area contributed by atoms with E-state index in [0.717, 1.165) is 11.0 Å².